The second-order valence-corrected chi connectivity index (χ2v) is 9.85. The van der Waals surface area contributed by atoms with Gasteiger partial charge in [-0.05, 0) is 42.8 Å². The van der Waals surface area contributed by atoms with Crippen molar-refractivity contribution in [2.24, 2.45) is 5.14 Å². The minimum Gasteiger partial charge on any atom is -0.225 e. The average molecular weight is 423 g/mol. The zero-order chi connectivity index (χ0) is 19.0. The smallest absolute Gasteiger partial charge is 0.225 e. The monoisotopic (exact) mass is 422 g/mol. The number of nitrogens with two attached hydrogens (primary N) is 1. The topological polar surface area (TPSA) is 97.5 Å². The van der Waals surface area contributed by atoms with Crippen molar-refractivity contribution in [3.05, 3.63) is 58.1 Å². The number of benzene rings is 2. The Bertz CT molecular complexity index is 970. The fourth-order valence-electron chi connectivity index (χ4n) is 2.20. The first-order valence-electron chi connectivity index (χ1n) is 7.00. The van der Waals surface area contributed by atoms with Crippen LogP contribution in [0.2, 0.25) is 10.0 Å². The molecule has 0 amide bonds. The van der Waals surface area contributed by atoms with Gasteiger partial charge in [0, 0.05) is 23.1 Å². The molecule has 0 aliphatic heterocycles. The van der Waals surface area contributed by atoms with Crippen LogP contribution in [0, 0.1) is 0 Å². The van der Waals surface area contributed by atoms with Gasteiger partial charge in [-0.1, -0.05) is 35.3 Å². The Morgan fingerprint density at radius 1 is 0.920 bits per heavy atom. The largest absolute Gasteiger partial charge is 0.243 e. The van der Waals surface area contributed by atoms with Crippen LogP contribution in [0.5, 0.6) is 0 Å². The SMILES string of the molecule is CC(c1ccc(S(N)(=O)=O)cc1)N(C)S(=O)(=O)c1cc(Cl)cc(Cl)c1. The van der Waals surface area contributed by atoms with Crippen LogP contribution in [0.4, 0.5) is 0 Å². The quantitative estimate of drug-likeness (QED) is 0.800. The summed E-state index contributed by atoms with van der Waals surface area (Å²) in [4.78, 5) is -0.0731. The Morgan fingerprint density at radius 3 is 1.84 bits per heavy atom. The lowest BCUT2D eigenvalue weighted by Crippen LogP contribution is -2.30. The van der Waals surface area contributed by atoms with Crippen LogP contribution in [0.1, 0.15) is 18.5 Å². The summed E-state index contributed by atoms with van der Waals surface area (Å²) in [5.41, 5.74) is 0.603. The highest BCUT2D eigenvalue weighted by molar-refractivity contribution is 7.89. The second-order valence-electron chi connectivity index (χ2n) is 5.42. The highest BCUT2D eigenvalue weighted by Crippen LogP contribution is 2.29. The molecule has 0 aliphatic carbocycles. The van der Waals surface area contributed by atoms with Gasteiger partial charge >= 0.3 is 0 Å². The summed E-state index contributed by atoms with van der Waals surface area (Å²) in [5, 5.41) is 5.48. The summed E-state index contributed by atoms with van der Waals surface area (Å²) < 4.78 is 49.3. The van der Waals surface area contributed by atoms with Gasteiger partial charge in [0.05, 0.1) is 9.79 Å². The molecule has 10 heteroatoms. The fraction of sp³-hybridized carbons (Fsp3) is 0.200. The Hall–Kier alpha value is -1.16. The van der Waals surface area contributed by atoms with Crippen molar-refractivity contribution >= 4 is 43.2 Å². The van der Waals surface area contributed by atoms with Crippen molar-refractivity contribution < 1.29 is 16.8 Å². The van der Waals surface area contributed by atoms with Crippen LogP contribution in [0.3, 0.4) is 0 Å². The molecule has 0 saturated carbocycles. The third-order valence-electron chi connectivity index (χ3n) is 3.75. The van der Waals surface area contributed by atoms with Crippen LogP contribution in [0.25, 0.3) is 0 Å². The van der Waals surface area contributed by atoms with Crippen LogP contribution in [-0.4, -0.2) is 28.2 Å². The molecule has 136 valence electrons. The lowest BCUT2D eigenvalue weighted by molar-refractivity contribution is 0.398. The van der Waals surface area contributed by atoms with E-state index in [0.717, 1.165) is 4.31 Å². The molecule has 1 unspecified atom stereocenters. The molecule has 2 N–H and O–H groups in total. The van der Waals surface area contributed by atoms with E-state index in [4.69, 9.17) is 28.3 Å². The van der Waals surface area contributed by atoms with Gasteiger partial charge in [0.1, 0.15) is 0 Å². The van der Waals surface area contributed by atoms with Crippen molar-refractivity contribution in [1.82, 2.24) is 4.31 Å². The Labute approximate surface area is 157 Å². The number of hydrogen-bond donors (Lipinski definition) is 1. The second kappa shape index (κ2) is 7.22. The van der Waals surface area contributed by atoms with Crippen LogP contribution >= 0.6 is 23.2 Å². The normalized spacial score (nSPS) is 13.8. The van der Waals surface area contributed by atoms with Gasteiger partial charge in [0.2, 0.25) is 20.0 Å². The molecular weight excluding hydrogens is 407 g/mol. The summed E-state index contributed by atoms with van der Waals surface area (Å²) in [6.45, 7) is 1.68. The maximum absolute atomic E-state index is 12.8. The number of rotatable bonds is 5. The lowest BCUT2D eigenvalue weighted by Gasteiger charge is -2.25. The highest BCUT2D eigenvalue weighted by Gasteiger charge is 2.27. The van der Waals surface area contributed by atoms with Gasteiger partial charge in [0.15, 0.2) is 0 Å². The molecule has 2 aromatic rings. The van der Waals surface area contributed by atoms with Crippen molar-refractivity contribution in [1.29, 1.82) is 0 Å². The molecular formula is C15H16Cl2N2O4S2. The van der Waals surface area contributed by atoms with Gasteiger partial charge < -0.3 is 0 Å². The van der Waals surface area contributed by atoms with Crippen molar-refractivity contribution in [3.63, 3.8) is 0 Å². The van der Waals surface area contributed by atoms with E-state index in [2.05, 4.69) is 0 Å². The Kier molecular flexibility index (Phi) is 5.82. The van der Waals surface area contributed by atoms with Crippen molar-refractivity contribution in [2.45, 2.75) is 22.8 Å². The summed E-state index contributed by atoms with van der Waals surface area (Å²) in [6, 6.07) is 9.21. The third-order valence-corrected chi connectivity index (χ3v) is 7.02. The van der Waals surface area contributed by atoms with E-state index in [1.54, 1.807) is 6.92 Å². The molecule has 0 bridgehead atoms. The van der Waals surface area contributed by atoms with Crippen LogP contribution in [0.15, 0.2) is 52.3 Å². The summed E-state index contributed by atoms with van der Waals surface area (Å²) >= 11 is 11.8. The van der Waals surface area contributed by atoms with E-state index < -0.39 is 26.1 Å². The lowest BCUT2D eigenvalue weighted by atomic mass is 10.1. The van der Waals surface area contributed by atoms with E-state index in [1.165, 1.54) is 49.5 Å². The maximum Gasteiger partial charge on any atom is 0.243 e. The molecule has 0 heterocycles. The maximum atomic E-state index is 12.8. The van der Waals surface area contributed by atoms with Gasteiger partial charge in [-0.2, -0.15) is 4.31 Å². The number of primary sulfonamides is 1. The number of halogens is 2. The summed E-state index contributed by atoms with van der Waals surface area (Å²) in [5.74, 6) is 0. The Balaban J connectivity index is 2.36. The molecule has 0 fully saturated rings. The first-order chi connectivity index (χ1) is 11.4. The van der Waals surface area contributed by atoms with Crippen LogP contribution in [-0.2, 0) is 20.0 Å². The molecule has 0 radical (unpaired) electrons. The van der Waals surface area contributed by atoms with Crippen molar-refractivity contribution in [2.75, 3.05) is 7.05 Å². The number of sulfonamides is 2. The molecule has 0 spiro atoms. The Morgan fingerprint density at radius 2 is 1.40 bits per heavy atom. The van der Waals surface area contributed by atoms with E-state index >= 15 is 0 Å². The predicted molar refractivity (Wildman–Crippen MR) is 97.6 cm³/mol. The van der Waals surface area contributed by atoms with E-state index in [0.29, 0.717) is 5.56 Å². The van der Waals surface area contributed by atoms with Gasteiger partial charge in [0.25, 0.3) is 0 Å². The van der Waals surface area contributed by atoms with E-state index in [-0.39, 0.29) is 19.8 Å². The predicted octanol–water partition coefficient (Wildman–Crippen LogP) is 3.02. The minimum atomic E-state index is -3.85. The van der Waals surface area contributed by atoms with E-state index in [1.807, 2.05) is 0 Å². The minimum absolute atomic E-state index is 0.0273. The highest BCUT2D eigenvalue weighted by atomic mass is 35.5. The van der Waals surface area contributed by atoms with Gasteiger partial charge in [-0.3, -0.25) is 0 Å². The zero-order valence-corrected chi connectivity index (χ0v) is 16.5. The number of hydrogen-bond acceptors (Lipinski definition) is 4. The fourth-order valence-corrected chi connectivity index (χ4v) is 4.79. The van der Waals surface area contributed by atoms with Gasteiger partial charge in [-0.25, -0.2) is 22.0 Å². The zero-order valence-electron chi connectivity index (χ0n) is 13.3. The van der Waals surface area contributed by atoms with Crippen molar-refractivity contribution in [3.8, 4) is 0 Å². The van der Waals surface area contributed by atoms with Crippen LogP contribution < -0.4 is 5.14 Å². The molecule has 1 atom stereocenters. The first-order valence-corrected chi connectivity index (χ1v) is 10.7. The summed E-state index contributed by atoms with van der Waals surface area (Å²) in [7, 11) is -6.24. The average Bonchev–Trinajstić information content (AvgIpc) is 2.51. The molecule has 25 heavy (non-hydrogen) atoms. The van der Waals surface area contributed by atoms with Gasteiger partial charge in [-0.15, -0.1) is 0 Å². The van der Waals surface area contributed by atoms with E-state index in [9.17, 15) is 16.8 Å². The molecule has 6 nitrogen and oxygen atoms in total. The molecule has 2 rings (SSSR count). The summed E-state index contributed by atoms with van der Waals surface area (Å²) in [6.07, 6.45) is 0. The molecule has 0 saturated heterocycles. The molecule has 2 aromatic carbocycles. The molecule has 0 aromatic heterocycles. The third kappa shape index (κ3) is 4.52. The standard InChI is InChI=1S/C15H16Cl2N2O4S2/c1-10(11-3-5-14(6-4-11)24(18,20)21)19(2)25(22,23)15-8-12(16)7-13(17)9-15/h3-10H,1-2H3,(H2,18,20,21). The molecule has 0 aliphatic rings. The number of nitrogens with zero attached hydrogens (tertiary/aromatic N) is 1. The first kappa shape index (κ1) is 20.2.